The molecular formula is C13H17N3O4S. The topological polar surface area (TPSA) is 106 Å². The third-order valence-electron chi connectivity index (χ3n) is 3.03. The highest BCUT2D eigenvalue weighted by molar-refractivity contribution is 7.89. The summed E-state index contributed by atoms with van der Waals surface area (Å²) >= 11 is 0. The average molecular weight is 311 g/mol. The monoisotopic (exact) mass is 311 g/mol. The average Bonchev–Trinajstić information content (AvgIpc) is 2.47. The molecule has 1 aromatic carbocycles. The Hall–Kier alpha value is -1.82. The van der Waals surface area contributed by atoms with E-state index in [1.807, 2.05) is 6.07 Å². The van der Waals surface area contributed by atoms with Crippen molar-refractivity contribution >= 4 is 15.7 Å². The molecule has 1 saturated heterocycles. The molecule has 0 aromatic heterocycles. The fourth-order valence-corrected chi connectivity index (χ4v) is 3.22. The third-order valence-corrected chi connectivity index (χ3v) is 4.84. The summed E-state index contributed by atoms with van der Waals surface area (Å²) in [6, 6.07) is 8.72. The van der Waals surface area contributed by atoms with Crippen LogP contribution in [0.2, 0.25) is 0 Å². The zero-order chi connectivity index (χ0) is 15.3. The maximum atomic E-state index is 12.2. The Bertz CT molecular complexity index is 627. The minimum atomic E-state index is -3.46. The molecule has 114 valence electrons. The van der Waals surface area contributed by atoms with Crippen molar-refractivity contribution in [2.75, 3.05) is 37.8 Å². The Morgan fingerprint density at radius 3 is 3.05 bits per heavy atom. The summed E-state index contributed by atoms with van der Waals surface area (Å²) in [5, 5.41) is 8.79. The maximum Gasteiger partial charge on any atom is 0.217 e. The first-order valence-corrected chi connectivity index (χ1v) is 8.09. The predicted molar refractivity (Wildman–Crippen MR) is 77.1 cm³/mol. The molecule has 0 bridgehead atoms. The Morgan fingerprint density at radius 1 is 1.52 bits per heavy atom. The summed E-state index contributed by atoms with van der Waals surface area (Å²) in [6.07, 6.45) is -0.705. The van der Waals surface area contributed by atoms with E-state index in [0.29, 0.717) is 11.4 Å². The van der Waals surface area contributed by atoms with Gasteiger partial charge in [0.2, 0.25) is 10.0 Å². The number of rotatable bonds is 5. The molecule has 0 amide bonds. The van der Waals surface area contributed by atoms with Crippen molar-refractivity contribution in [3.05, 3.63) is 24.3 Å². The lowest BCUT2D eigenvalue weighted by Gasteiger charge is -2.28. The van der Waals surface area contributed by atoms with Gasteiger partial charge < -0.3 is 15.2 Å². The molecule has 21 heavy (non-hydrogen) atoms. The molecule has 1 aliphatic rings. The molecule has 1 aromatic rings. The second-order valence-electron chi connectivity index (χ2n) is 4.58. The molecule has 1 unspecified atom stereocenters. The summed E-state index contributed by atoms with van der Waals surface area (Å²) in [7, 11) is -3.46. The lowest BCUT2D eigenvalue weighted by molar-refractivity contribution is 0.0310. The number of ether oxygens (including phenoxy) is 2. The molecule has 1 fully saturated rings. The van der Waals surface area contributed by atoms with E-state index in [-0.39, 0.29) is 32.1 Å². The van der Waals surface area contributed by atoms with Crippen LogP contribution in [-0.2, 0) is 14.8 Å². The van der Waals surface area contributed by atoms with E-state index >= 15 is 0 Å². The Labute approximate surface area is 123 Å². The number of nitriles is 1. The molecule has 7 nitrogen and oxygen atoms in total. The van der Waals surface area contributed by atoms with E-state index < -0.39 is 16.1 Å². The van der Waals surface area contributed by atoms with Crippen molar-refractivity contribution in [3.63, 3.8) is 0 Å². The van der Waals surface area contributed by atoms with Gasteiger partial charge in [0.1, 0.15) is 12.4 Å². The van der Waals surface area contributed by atoms with E-state index in [0.717, 1.165) is 0 Å². The summed E-state index contributed by atoms with van der Waals surface area (Å²) in [5.41, 5.74) is 6.17. The van der Waals surface area contributed by atoms with Crippen LogP contribution in [0.15, 0.2) is 24.3 Å². The number of nitrogens with zero attached hydrogens (tertiary/aromatic N) is 2. The predicted octanol–water partition coefficient (Wildman–Crippen LogP) is 0.202. The van der Waals surface area contributed by atoms with Crippen LogP contribution in [0, 0.1) is 11.3 Å². The molecule has 0 spiro atoms. The molecule has 8 heteroatoms. The van der Waals surface area contributed by atoms with Crippen molar-refractivity contribution in [1.82, 2.24) is 4.31 Å². The molecule has 2 N–H and O–H groups in total. The molecule has 1 aliphatic heterocycles. The summed E-state index contributed by atoms with van der Waals surface area (Å²) < 4.78 is 36.1. The van der Waals surface area contributed by atoms with Gasteiger partial charge in [-0.2, -0.15) is 9.57 Å². The lowest BCUT2D eigenvalue weighted by Crippen LogP contribution is -2.46. The first-order valence-electron chi connectivity index (χ1n) is 6.48. The van der Waals surface area contributed by atoms with E-state index in [1.165, 1.54) is 4.31 Å². The lowest BCUT2D eigenvalue weighted by atomic mass is 10.3. The number of nitrogens with two attached hydrogens (primary N) is 1. The van der Waals surface area contributed by atoms with Gasteiger partial charge in [0, 0.05) is 18.3 Å². The summed E-state index contributed by atoms with van der Waals surface area (Å²) in [6.45, 7) is 0.587. The minimum Gasteiger partial charge on any atom is -0.492 e. The van der Waals surface area contributed by atoms with Crippen molar-refractivity contribution in [3.8, 4) is 11.8 Å². The zero-order valence-electron chi connectivity index (χ0n) is 11.4. The highest BCUT2D eigenvalue weighted by Crippen LogP contribution is 2.15. The number of hydrogen-bond donors (Lipinski definition) is 1. The van der Waals surface area contributed by atoms with Crippen LogP contribution in [0.1, 0.15) is 0 Å². The Balaban J connectivity index is 1.88. The van der Waals surface area contributed by atoms with Crippen molar-refractivity contribution in [1.29, 1.82) is 5.26 Å². The van der Waals surface area contributed by atoms with Gasteiger partial charge in [-0.05, 0) is 12.1 Å². The summed E-state index contributed by atoms with van der Waals surface area (Å²) in [5.74, 6) is 0.377. The number of nitrogen functional groups attached to an aromatic ring is 1. The molecule has 1 heterocycles. The van der Waals surface area contributed by atoms with Gasteiger partial charge >= 0.3 is 0 Å². The van der Waals surface area contributed by atoms with Crippen molar-refractivity contribution in [2.24, 2.45) is 0 Å². The number of anilines is 1. The second kappa shape index (κ2) is 6.76. The number of sulfonamides is 1. The van der Waals surface area contributed by atoms with Crippen molar-refractivity contribution < 1.29 is 17.9 Å². The van der Waals surface area contributed by atoms with E-state index in [2.05, 4.69) is 0 Å². The Kier molecular flexibility index (Phi) is 5.01. The second-order valence-corrected chi connectivity index (χ2v) is 6.67. The molecule has 0 aliphatic carbocycles. The smallest absolute Gasteiger partial charge is 0.217 e. The van der Waals surface area contributed by atoms with Gasteiger partial charge in [-0.15, -0.1) is 0 Å². The van der Waals surface area contributed by atoms with Gasteiger partial charge in [-0.1, -0.05) is 6.07 Å². The quantitative estimate of drug-likeness (QED) is 0.779. The summed E-state index contributed by atoms with van der Waals surface area (Å²) in [4.78, 5) is 0. The molecule has 0 saturated carbocycles. The number of hydrogen-bond acceptors (Lipinski definition) is 6. The van der Waals surface area contributed by atoms with Crippen LogP contribution < -0.4 is 10.5 Å². The molecular weight excluding hydrogens is 294 g/mol. The molecule has 0 radical (unpaired) electrons. The largest absolute Gasteiger partial charge is 0.492 e. The van der Waals surface area contributed by atoms with Crippen molar-refractivity contribution in [2.45, 2.75) is 6.10 Å². The third kappa shape index (κ3) is 4.32. The zero-order valence-corrected chi connectivity index (χ0v) is 12.3. The fourth-order valence-electron chi connectivity index (χ4n) is 1.95. The first kappa shape index (κ1) is 15.6. The highest BCUT2D eigenvalue weighted by atomic mass is 32.2. The Morgan fingerprint density at radius 2 is 2.33 bits per heavy atom. The van der Waals surface area contributed by atoms with E-state index in [4.69, 9.17) is 20.5 Å². The number of benzene rings is 1. The van der Waals surface area contributed by atoms with E-state index in [1.54, 1.807) is 24.3 Å². The maximum absolute atomic E-state index is 12.2. The van der Waals surface area contributed by atoms with Gasteiger partial charge in [0.15, 0.2) is 6.10 Å². The van der Waals surface area contributed by atoms with Crippen LogP contribution in [0.25, 0.3) is 0 Å². The SMILES string of the molecule is N#CC1CN(S(=O)(=O)CCOc2cccc(N)c2)CCO1. The minimum absolute atomic E-state index is 0.0281. The van der Waals surface area contributed by atoms with Crippen LogP contribution in [-0.4, -0.2) is 50.9 Å². The molecule has 1 atom stereocenters. The van der Waals surface area contributed by atoms with Gasteiger partial charge in [0.05, 0.1) is 25.0 Å². The van der Waals surface area contributed by atoms with E-state index in [9.17, 15) is 8.42 Å². The fraction of sp³-hybridized carbons (Fsp3) is 0.462. The van der Waals surface area contributed by atoms with Gasteiger partial charge in [-0.25, -0.2) is 8.42 Å². The van der Waals surface area contributed by atoms with Crippen LogP contribution >= 0.6 is 0 Å². The van der Waals surface area contributed by atoms with Crippen LogP contribution in [0.5, 0.6) is 5.75 Å². The van der Waals surface area contributed by atoms with Gasteiger partial charge in [-0.3, -0.25) is 0 Å². The standard InChI is InChI=1S/C13H17N3O4S/c14-9-13-10-16(4-5-19-13)21(17,18)7-6-20-12-3-1-2-11(15)8-12/h1-3,8,13H,4-7,10,15H2. The van der Waals surface area contributed by atoms with Gasteiger partial charge in [0.25, 0.3) is 0 Å². The highest BCUT2D eigenvalue weighted by Gasteiger charge is 2.29. The molecule has 2 rings (SSSR count). The first-order chi connectivity index (χ1) is 10.0. The van der Waals surface area contributed by atoms with Crippen LogP contribution in [0.3, 0.4) is 0 Å². The van der Waals surface area contributed by atoms with Crippen LogP contribution in [0.4, 0.5) is 5.69 Å². The number of morpholine rings is 1. The normalized spacial score (nSPS) is 19.9.